The number of pyridine rings is 1. The number of sulfonamides is 1. The normalized spacial score (nSPS) is 13.2. The van der Waals surface area contributed by atoms with E-state index < -0.39 is 15.9 Å². The number of nitrogens with one attached hydrogen (secondary N) is 1. The first-order valence-corrected chi connectivity index (χ1v) is 12.1. The summed E-state index contributed by atoms with van der Waals surface area (Å²) in [4.78, 5) is 17.0. The molecule has 170 valence electrons. The second-order valence-corrected chi connectivity index (χ2v) is 9.49. The molecule has 9 heteroatoms. The highest BCUT2D eigenvalue weighted by Crippen LogP contribution is 2.29. The van der Waals surface area contributed by atoms with E-state index >= 15 is 0 Å². The van der Waals surface area contributed by atoms with E-state index in [-0.39, 0.29) is 16.3 Å². The van der Waals surface area contributed by atoms with Gasteiger partial charge in [0.2, 0.25) is 0 Å². The molecule has 1 aliphatic carbocycles. The highest BCUT2D eigenvalue weighted by molar-refractivity contribution is 7.90. The number of hydrogen-bond donors (Lipinski definition) is 1. The predicted octanol–water partition coefficient (Wildman–Crippen LogP) is 3.31. The molecular formula is C25H20N4O4S. The Bertz CT molecular complexity index is 1560. The molecule has 1 saturated carbocycles. The molecular weight excluding hydrogens is 452 g/mol. The number of hydrogen-bond acceptors (Lipinski definition) is 6. The molecule has 0 spiro atoms. The molecule has 0 saturated heterocycles. The summed E-state index contributed by atoms with van der Waals surface area (Å²) < 4.78 is 35.0. The van der Waals surface area contributed by atoms with Crippen LogP contribution in [-0.4, -0.2) is 36.2 Å². The van der Waals surface area contributed by atoms with E-state index in [1.54, 1.807) is 53.5 Å². The van der Waals surface area contributed by atoms with E-state index in [0.717, 1.165) is 23.9 Å². The fourth-order valence-corrected chi connectivity index (χ4v) is 4.60. The third-order valence-corrected chi connectivity index (χ3v) is 6.74. The fraction of sp³-hybridized carbons (Fsp3) is 0.160. The molecule has 8 nitrogen and oxygen atoms in total. The number of aromatic nitrogens is 3. The molecule has 1 aliphatic rings. The first-order valence-electron chi connectivity index (χ1n) is 10.6. The number of fused-ring (bicyclic) bond motifs is 1. The van der Waals surface area contributed by atoms with Gasteiger partial charge in [0.1, 0.15) is 16.3 Å². The molecule has 5 rings (SSSR count). The average molecular weight is 473 g/mol. The molecule has 0 radical (unpaired) electrons. The predicted molar refractivity (Wildman–Crippen MR) is 126 cm³/mol. The lowest BCUT2D eigenvalue weighted by atomic mass is 10.1. The van der Waals surface area contributed by atoms with E-state index in [0.29, 0.717) is 17.0 Å². The highest BCUT2D eigenvalue weighted by Gasteiger charge is 2.24. The maximum absolute atomic E-state index is 13.0. The van der Waals surface area contributed by atoms with Gasteiger partial charge in [-0.25, -0.2) is 22.8 Å². The van der Waals surface area contributed by atoms with Gasteiger partial charge in [-0.05, 0) is 61.4 Å². The molecule has 34 heavy (non-hydrogen) atoms. The van der Waals surface area contributed by atoms with Crippen LogP contribution in [0.25, 0.3) is 16.6 Å². The number of carbonyl (C=O) groups is 1. The van der Waals surface area contributed by atoms with Crippen molar-refractivity contribution < 1.29 is 17.9 Å². The van der Waals surface area contributed by atoms with Gasteiger partial charge >= 0.3 is 0 Å². The van der Waals surface area contributed by atoms with Crippen LogP contribution in [0.3, 0.4) is 0 Å². The molecule has 0 atom stereocenters. The van der Waals surface area contributed by atoms with Crippen molar-refractivity contribution >= 4 is 26.8 Å². The van der Waals surface area contributed by atoms with Gasteiger partial charge in [0.15, 0.2) is 0 Å². The monoisotopic (exact) mass is 472 g/mol. The Balaban J connectivity index is 1.42. The summed E-state index contributed by atoms with van der Waals surface area (Å²) in [6.07, 6.45) is 5.66. The van der Waals surface area contributed by atoms with Crippen molar-refractivity contribution in [3.05, 3.63) is 78.2 Å². The fourth-order valence-electron chi connectivity index (χ4n) is 3.49. The van der Waals surface area contributed by atoms with Crippen LogP contribution in [0.5, 0.6) is 5.75 Å². The maximum atomic E-state index is 13.0. The van der Waals surface area contributed by atoms with Crippen molar-refractivity contribution in [2.45, 2.75) is 17.7 Å². The van der Waals surface area contributed by atoms with Crippen LogP contribution < -0.4 is 9.46 Å². The van der Waals surface area contributed by atoms with Crippen LogP contribution in [0.15, 0.2) is 71.9 Å². The minimum atomic E-state index is -4.21. The Morgan fingerprint density at radius 3 is 2.74 bits per heavy atom. The SMILES string of the molecule is COc1cc(C#CC2CC2)ccc1S(=O)(=O)NC(=O)c1ccc2c(-n3cccn3)cccc2n1. The Morgan fingerprint density at radius 2 is 2.00 bits per heavy atom. The molecule has 2 heterocycles. The van der Waals surface area contributed by atoms with E-state index in [9.17, 15) is 13.2 Å². The Labute approximate surface area is 196 Å². The number of nitrogens with zero attached hydrogens (tertiary/aromatic N) is 3. The zero-order chi connectivity index (χ0) is 23.7. The van der Waals surface area contributed by atoms with Crippen molar-refractivity contribution in [2.75, 3.05) is 7.11 Å². The van der Waals surface area contributed by atoms with Crippen molar-refractivity contribution in [2.24, 2.45) is 5.92 Å². The van der Waals surface area contributed by atoms with Gasteiger partial charge in [-0.15, -0.1) is 0 Å². The standard InChI is InChI=1S/C25H20N4O4S/c1-33-23-16-18(9-8-17-6-7-17)10-13-24(23)34(31,32)28-25(30)21-12-11-19-20(27-21)4-2-5-22(19)29-15-3-14-26-29/h2-5,10-17H,6-7H2,1H3,(H,28,30). The lowest BCUT2D eigenvalue weighted by Gasteiger charge is -2.12. The number of ether oxygens (including phenoxy) is 1. The van der Waals surface area contributed by atoms with Crippen molar-refractivity contribution in [1.29, 1.82) is 0 Å². The lowest BCUT2D eigenvalue weighted by molar-refractivity contribution is 0.0977. The third-order valence-electron chi connectivity index (χ3n) is 5.37. The van der Waals surface area contributed by atoms with Gasteiger partial charge in [-0.2, -0.15) is 5.10 Å². The van der Waals surface area contributed by atoms with Crippen LogP contribution in [0.1, 0.15) is 28.9 Å². The molecule has 1 N–H and O–H groups in total. The van der Waals surface area contributed by atoms with Crippen LogP contribution >= 0.6 is 0 Å². The van der Waals surface area contributed by atoms with E-state index in [1.165, 1.54) is 19.2 Å². The van der Waals surface area contributed by atoms with Gasteiger partial charge in [0.05, 0.1) is 18.3 Å². The average Bonchev–Trinajstić information content (AvgIpc) is 3.52. The van der Waals surface area contributed by atoms with Gasteiger partial charge in [0.25, 0.3) is 15.9 Å². The summed E-state index contributed by atoms with van der Waals surface area (Å²) in [6, 6.07) is 15.0. The second-order valence-electron chi connectivity index (χ2n) is 7.83. The number of methoxy groups -OCH3 is 1. The Hall–Kier alpha value is -4.16. The summed E-state index contributed by atoms with van der Waals surface area (Å²) >= 11 is 0. The summed E-state index contributed by atoms with van der Waals surface area (Å²) in [5.74, 6) is 5.84. The topological polar surface area (TPSA) is 103 Å². The summed E-state index contributed by atoms with van der Waals surface area (Å²) in [5.41, 5.74) is 1.95. The maximum Gasteiger partial charge on any atom is 0.283 e. The van der Waals surface area contributed by atoms with Crippen LogP contribution in [0, 0.1) is 17.8 Å². The van der Waals surface area contributed by atoms with Crippen LogP contribution in [-0.2, 0) is 10.0 Å². The quantitative estimate of drug-likeness (QED) is 0.447. The molecule has 1 fully saturated rings. The van der Waals surface area contributed by atoms with Gasteiger partial charge in [-0.1, -0.05) is 17.9 Å². The van der Waals surface area contributed by atoms with Gasteiger partial charge in [-0.3, -0.25) is 4.79 Å². The molecule has 2 aromatic heterocycles. The largest absolute Gasteiger partial charge is 0.495 e. The summed E-state index contributed by atoms with van der Waals surface area (Å²) in [7, 11) is -2.84. The zero-order valence-electron chi connectivity index (χ0n) is 18.2. The number of benzene rings is 2. The van der Waals surface area contributed by atoms with Gasteiger partial charge < -0.3 is 4.74 Å². The molecule has 1 amide bonds. The Kier molecular flexibility index (Phi) is 5.51. The van der Waals surface area contributed by atoms with E-state index in [1.807, 2.05) is 6.07 Å². The summed E-state index contributed by atoms with van der Waals surface area (Å²) in [6.45, 7) is 0. The van der Waals surface area contributed by atoms with Crippen molar-refractivity contribution in [3.63, 3.8) is 0 Å². The van der Waals surface area contributed by atoms with E-state index in [4.69, 9.17) is 4.74 Å². The third kappa shape index (κ3) is 4.36. The molecule has 2 aromatic carbocycles. The number of rotatable bonds is 5. The highest BCUT2D eigenvalue weighted by atomic mass is 32.2. The second kappa shape index (κ2) is 8.65. The van der Waals surface area contributed by atoms with Crippen LogP contribution in [0.2, 0.25) is 0 Å². The number of carbonyl (C=O) groups excluding carboxylic acids is 1. The number of amides is 1. The minimum Gasteiger partial charge on any atom is -0.495 e. The molecule has 0 bridgehead atoms. The lowest BCUT2D eigenvalue weighted by Crippen LogP contribution is -2.31. The van der Waals surface area contributed by atoms with Crippen molar-refractivity contribution in [3.8, 4) is 23.3 Å². The molecule has 0 aliphatic heterocycles. The van der Waals surface area contributed by atoms with E-state index in [2.05, 4.69) is 26.6 Å². The Morgan fingerprint density at radius 1 is 1.15 bits per heavy atom. The van der Waals surface area contributed by atoms with Crippen LogP contribution in [0.4, 0.5) is 0 Å². The molecule has 0 unspecified atom stereocenters. The minimum absolute atomic E-state index is 0.0282. The summed E-state index contributed by atoms with van der Waals surface area (Å²) in [5, 5.41) is 5.01. The first-order chi connectivity index (χ1) is 16.4. The van der Waals surface area contributed by atoms with Gasteiger partial charge in [0, 0.05) is 29.3 Å². The smallest absolute Gasteiger partial charge is 0.283 e. The zero-order valence-corrected chi connectivity index (χ0v) is 19.0. The molecule has 4 aromatic rings. The van der Waals surface area contributed by atoms with Crippen molar-refractivity contribution in [1.82, 2.24) is 19.5 Å². The first kappa shape index (κ1) is 21.7.